The van der Waals surface area contributed by atoms with Crippen molar-refractivity contribution in [1.29, 1.82) is 0 Å². The van der Waals surface area contributed by atoms with Gasteiger partial charge < -0.3 is 9.13 Å². The number of aromatic nitrogens is 2. The summed E-state index contributed by atoms with van der Waals surface area (Å²) in [5.41, 5.74) is 6.38. The van der Waals surface area contributed by atoms with E-state index in [9.17, 15) is 0 Å². The number of nitrogens with zero attached hydrogens (tertiary/aromatic N) is 2. The van der Waals surface area contributed by atoms with E-state index in [1.54, 1.807) is 0 Å². The zero-order chi connectivity index (χ0) is 22.5. The van der Waals surface area contributed by atoms with E-state index in [1.165, 1.54) is 43.7 Å². The molecule has 2 heteroatoms. The van der Waals surface area contributed by atoms with E-state index in [0.29, 0.717) is 18.5 Å². The predicted octanol–water partition coefficient (Wildman–Crippen LogP) is 7.15. The molecule has 158 valence electrons. The molecule has 2 nitrogen and oxygen atoms in total. The molecular weight excluding hydrogens is 388 g/mol. The Morgan fingerprint density at radius 1 is 0.719 bits per heavy atom. The van der Waals surface area contributed by atoms with E-state index in [1.807, 2.05) is 0 Å². The molecule has 0 aliphatic carbocycles. The second-order valence-electron chi connectivity index (χ2n) is 9.87. The molecule has 5 aromatic rings. The SMILES string of the molecule is C#CCn1c2ccccc2c2ccc3c4ccc(CCC(C)(C)C)cc4n(CC#C)c3c21. The van der Waals surface area contributed by atoms with Gasteiger partial charge in [-0.3, -0.25) is 0 Å². The fourth-order valence-corrected chi connectivity index (χ4v) is 4.95. The molecule has 0 spiro atoms. The second kappa shape index (κ2) is 7.51. The van der Waals surface area contributed by atoms with Crippen molar-refractivity contribution in [3.8, 4) is 24.7 Å². The van der Waals surface area contributed by atoms with Crippen molar-refractivity contribution in [2.75, 3.05) is 0 Å². The summed E-state index contributed by atoms with van der Waals surface area (Å²) in [4.78, 5) is 0. The Morgan fingerprint density at radius 2 is 1.28 bits per heavy atom. The van der Waals surface area contributed by atoms with Crippen molar-refractivity contribution in [2.45, 2.75) is 46.7 Å². The zero-order valence-electron chi connectivity index (χ0n) is 19.1. The Hall–Kier alpha value is -3.62. The Kier molecular flexibility index (Phi) is 4.76. The van der Waals surface area contributed by atoms with Gasteiger partial charge in [-0.25, -0.2) is 0 Å². The molecule has 0 radical (unpaired) electrons. The van der Waals surface area contributed by atoms with Crippen molar-refractivity contribution in [3.63, 3.8) is 0 Å². The van der Waals surface area contributed by atoms with Crippen molar-refractivity contribution in [3.05, 3.63) is 60.2 Å². The third-order valence-electron chi connectivity index (χ3n) is 6.48. The molecule has 0 aliphatic rings. The van der Waals surface area contributed by atoms with Crippen LogP contribution < -0.4 is 0 Å². The van der Waals surface area contributed by atoms with E-state index in [0.717, 1.165) is 18.4 Å². The summed E-state index contributed by atoms with van der Waals surface area (Å²) in [7, 11) is 0. The number of rotatable bonds is 4. The minimum Gasteiger partial charge on any atom is -0.327 e. The highest BCUT2D eigenvalue weighted by Gasteiger charge is 2.19. The Bertz CT molecular complexity index is 1570. The molecule has 0 aliphatic heterocycles. The average molecular weight is 417 g/mol. The highest BCUT2D eigenvalue weighted by molar-refractivity contribution is 6.22. The van der Waals surface area contributed by atoms with Crippen LogP contribution in [0.3, 0.4) is 0 Å². The maximum Gasteiger partial charge on any atom is 0.0841 e. The van der Waals surface area contributed by atoms with Gasteiger partial charge in [-0.2, -0.15) is 0 Å². The maximum atomic E-state index is 5.86. The van der Waals surface area contributed by atoms with E-state index in [2.05, 4.69) is 96.3 Å². The van der Waals surface area contributed by atoms with E-state index in [4.69, 9.17) is 12.8 Å². The molecule has 2 heterocycles. The molecule has 0 saturated heterocycles. The first-order valence-corrected chi connectivity index (χ1v) is 11.2. The van der Waals surface area contributed by atoms with E-state index >= 15 is 0 Å². The second-order valence-corrected chi connectivity index (χ2v) is 9.87. The summed E-state index contributed by atoms with van der Waals surface area (Å²) in [5, 5.41) is 4.92. The van der Waals surface area contributed by atoms with Crippen LogP contribution in [-0.2, 0) is 19.5 Å². The molecule has 0 saturated carbocycles. The summed E-state index contributed by atoms with van der Waals surface area (Å²) >= 11 is 0. The number of hydrogen-bond donors (Lipinski definition) is 0. The van der Waals surface area contributed by atoms with Crippen molar-refractivity contribution >= 4 is 43.6 Å². The van der Waals surface area contributed by atoms with Gasteiger partial charge in [0.15, 0.2) is 0 Å². The lowest BCUT2D eigenvalue weighted by Crippen LogP contribution is -2.06. The minimum absolute atomic E-state index is 0.308. The lowest BCUT2D eigenvalue weighted by Gasteiger charge is -2.17. The Morgan fingerprint density at radius 3 is 1.91 bits per heavy atom. The first-order valence-electron chi connectivity index (χ1n) is 11.2. The molecule has 0 bridgehead atoms. The van der Waals surface area contributed by atoms with Crippen molar-refractivity contribution < 1.29 is 0 Å². The number of fused-ring (bicyclic) bond motifs is 7. The van der Waals surface area contributed by atoms with Crippen LogP contribution >= 0.6 is 0 Å². The fraction of sp³-hybridized carbons (Fsp3) is 0.267. The third-order valence-corrected chi connectivity index (χ3v) is 6.48. The first kappa shape index (κ1) is 20.3. The van der Waals surface area contributed by atoms with Gasteiger partial charge in [0, 0.05) is 21.5 Å². The molecule has 32 heavy (non-hydrogen) atoms. The van der Waals surface area contributed by atoms with Crippen LogP contribution in [0.25, 0.3) is 43.6 Å². The van der Waals surface area contributed by atoms with Gasteiger partial charge in [0.1, 0.15) is 0 Å². The highest BCUT2D eigenvalue weighted by Crippen LogP contribution is 2.39. The Labute approximate surface area is 189 Å². The van der Waals surface area contributed by atoms with Crippen molar-refractivity contribution in [1.82, 2.24) is 9.13 Å². The predicted molar refractivity (Wildman–Crippen MR) is 138 cm³/mol. The molecular formula is C30H28N2. The van der Waals surface area contributed by atoms with Crippen LogP contribution in [0.1, 0.15) is 32.8 Å². The van der Waals surface area contributed by atoms with Gasteiger partial charge in [0.2, 0.25) is 0 Å². The van der Waals surface area contributed by atoms with E-state index < -0.39 is 0 Å². The number of aryl methyl sites for hydroxylation is 1. The van der Waals surface area contributed by atoms with Gasteiger partial charge in [0.25, 0.3) is 0 Å². The molecule has 3 aromatic carbocycles. The topological polar surface area (TPSA) is 9.86 Å². The summed E-state index contributed by atoms with van der Waals surface area (Å²) in [6.45, 7) is 7.93. The highest BCUT2D eigenvalue weighted by atomic mass is 15.0. The summed E-state index contributed by atoms with van der Waals surface area (Å²) in [6.07, 6.45) is 13.9. The zero-order valence-corrected chi connectivity index (χ0v) is 19.1. The largest absolute Gasteiger partial charge is 0.327 e. The molecule has 0 atom stereocenters. The van der Waals surface area contributed by atoms with Gasteiger partial charge in [-0.1, -0.05) is 75.1 Å². The third kappa shape index (κ3) is 3.16. The lowest BCUT2D eigenvalue weighted by atomic mass is 9.88. The Balaban J connectivity index is 1.88. The molecule has 0 unspecified atom stereocenters. The fourth-order valence-electron chi connectivity index (χ4n) is 4.95. The number of benzene rings is 3. The molecule has 2 aromatic heterocycles. The molecule has 0 amide bonds. The minimum atomic E-state index is 0.308. The smallest absolute Gasteiger partial charge is 0.0841 e. The summed E-state index contributed by atoms with van der Waals surface area (Å²) in [6, 6.07) is 19.8. The quantitative estimate of drug-likeness (QED) is 0.275. The van der Waals surface area contributed by atoms with E-state index in [-0.39, 0.29) is 0 Å². The van der Waals surface area contributed by atoms with Gasteiger partial charge in [0.05, 0.1) is 35.2 Å². The molecule has 0 N–H and O–H groups in total. The average Bonchev–Trinajstić information content (AvgIpc) is 3.26. The summed E-state index contributed by atoms with van der Waals surface area (Å²) in [5.74, 6) is 5.75. The van der Waals surface area contributed by atoms with Crippen LogP contribution in [0, 0.1) is 30.1 Å². The van der Waals surface area contributed by atoms with Crippen LogP contribution in [0.5, 0.6) is 0 Å². The van der Waals surface area contributed by atoms with Crippen LogP contribution in [0.2, 0.25) is 0 Å². The van der Waals surface area contributed by atoms with Crippen LogP contribution in [0.4, 0.5) is 0 Å². The van der Waals surface area contributed by atoms with Gasteiger partial charge in [-0.15, -0.1) is 12.8 Å². The lowest BCUT2D eigenvalue weighted by molar-refractivity contribution is 0.378. The molecule has 0 fully saturated rings. The number of terminal acetylenes is 2. The standard InChI is InChI=1S/C30H28N2/c1-6-18-31-26-11-9-8-10-22(26)24-14-15-25-23-13-12-21(16-17-30(3,4)5)20-27(23)32(19-7-2)29(25)28(24)31/h1-2,8-15,20H,16-19H2,3-5H3. The molecule has 5 rings (SSSR count). The normalized spacial score (nSPS) is 12.0. The maximum absolute atomic E-state index is 5.86. The summed E-state index contributed by atoms with van der Waals surface area (Å²) < 4.78 is 4.57. The first-order chi connectivity index (χ1) is 15.4. The van der Waals surface area contributed by atoms with Crippen LogP contribution in [-0.4, -0.2) is 9.13 Å². The number of hydrogen-bond acceptors (Lipinski definition) is 0. The van der Waals surface area contributed by atoms with Gasteiger partial charge >= 0.3 is 0 Å². The van der Waals surface area contributed by atoms with Crippen LogP contribution in [0.15, 0.2) is 54.6 Å². The van der Waals surface area contributed by atoms with Crippen molar-refractivity contribution in [2.24, 2.45) is 5.41 Å². The number of para-hydroxylation sites is 1. The van der Waals surface area contributed by atoms with Gasteiger partial charge in [-0.05, 0) is 36.0 Å². The monoisotopic (exact) mass is 416 g/mol.